The topological polar surface area (TPSA) is 59.1 Å². The first-order valence-corrected chi connectivity index (χ1v) is 8.13. The fraction of sp³-hybridized carbons (Fsp3) is 0.308. The van der Waals surface area contributed by atoms with E-state index in [0.717, 1.165) is 11.1 Å². The zero-order valence-corrected chi connectivity index (χ0v) is 12.1. The maximum Gasteiger partial charge on any atom is 0.232 e. The van der Waals surface area contributed by atoms with Crippen LogP contribution >= 0.6 is 11.6 Å². The van der Waals surface area contributed by atoms with Crippen molar-refractivity contribution in [2.24, 2.45) is 0 Å². The van der Waals surface area contributed by atoms with Crippen LogP contribution in [-0.4, -0.2) is 25.0 Å². The second kappa shape index (κ2) is 5.75. The van der Waals surface area contributed by atoms with Gasteiger partial charge in [0, 0.05) is 17.0 Å². The molecule has 0 saturated heterocycles. The number of sulfonamides is 1. The Morgan fingerprint density at radius 2 is 2.05 bits per heavy atom. The van der Waals surface area contributed by atoms with E-state index in [2.05, 4.69) is 9.71 Å². The molecule has 6 heteroatoms. The molecule has 19 heavy (non-hydrogen) atoms. The fourth-order valence-corrected chi connectivity index (χ4v) is 3.21. The van der Waals surface area contributed by atoms with Crippen molar-refractivity contribution in [3.8, 4) is 0 Å². The number of aromatic nitrogens is 1. The summed E-state index contributed by atoms with van der Waals surface area (Å²) in [6.45, 7) is 1.87. The van der Waals surface area contributed by atoms with Crippen molar-refractivity contribution in [2.75, 3.05) is 16.4 Å². The Kier molecular flexibility index (Phi) is 4.27. The third-order valence-electron chi connectivity index (χ3n) is 2.67. The second-order valence-corrected chi connectivity index (χ2v) is 6.51. The summed E-state index contributed by atoms with van der Waals surface area (Å²) in [4.78, 5) is 4.39. The van der Waals surface area contributed by atoms with E-state index in [0.29, 0.717) is 23.5 Å². The number of nitrogens with one attached hydrogen (secondary N) is 1. The van der Waals surface area contributed by atoms with E-state index in [9.17, 15) is 8.42 Å². The number of nitrogens with zero attached hydrogens (tertiary/aromatic N) is 1. The number of hydrogen-bond donors (Lipinski definition) is 1. The zero-order chi connectivity index (χ0) is 13.9. The highest BCUT2D eigenvalue weighted by Gasteiger charge is 2.12. The third kappa shape index (κ3) is 3.58. The van der Waals surface area contributed by atoms with E-state index in [1.165, 1.54) is 0 Å². The Bertz CT molecular complexity index is 686. The van der Waals surface area contributed by atoms with Gasteiger partial charge in [0.05, 0.1) is 17.0 Å². The smallest absolute Gasteiger partial charge is 0.232 e. The molecule has 0 saturated carbocycles. The van der Waals surface area contributed by atoms with E-state index in [1.807, 2.05) is 25.1 Å². The molecule has 1 N–H and O–H groups in total. The van der Waals surface area contributed by atoms with Gasteiger partial charge in [0.25, 0.3) is 0 Å². The van der Waals surface area contributed by atoms with Crippen LogP contribution in [0.4, 0.5) is 5.69 Å². The highest BCUT2D eigenvalue weighted by molar-refractivity contribution is 7.92. The second-order valence-electron chi connectivity index (χ2n) is 4.29. The molecule has 1 aromatic heterocycles. The summed E-state index contributed by atoms with van der Waals surface area (Å²) in [5.74, 6) is 0.340. The Balaban J connectivity index is 2.38. The van der Waals surface area contributed by atoms with E-state index >= 15 is 0 Å². The van der Waals surface area contributed by atoms with Crippen molar-refractivity contribution >= 4 is 38.2 Å². The van der Waals surface area contributed by atoms with Crippen LogP contribution in [0.25, 0.3) is 10.9 Å². The fourth-order valence-electron chi connectivity index (χ4n) is 1.79. The van der Waals surface area contributed by atoms with Crippen molar-refractivity contribution < 1.29 is 8.42 Å². The molecular weight excluding hydrogens is 284 g/mol. The molecule has 0 aliphatic rings. The summed E-state index contributed by atoms with van der Waals surface area (Å²) in [6.07, 6.45) is 0.425. The highest BCUT2D eigenvalue weighted by atomic mass is 35.5. The van der Waals surface area contributed by atoms with Crippen LogP contribution in [0.2, 0.25) is 0 Å². The minimum atomic E-state index is -3.38. The molecule has 0 aliphatic heterocycles. The molecule has 1 aromatic carbocycles. The maximum atomic E-state index is 11.9. The number of alkyl halides is 1. The van der Waals surface area contributed by atoms with Gasteiger partial charge in [-0.3, -0.25) is 9.71 Å². The Morgan fingerprint density at radius 3 is 2.79 bits per heavy atom. The lowest BCUT2D eigenvalue weighted by molar-refractivity contribution is 0.600. The monoisotopic (exact) mass is 298 g/mol. The van der Waals surface area contributed by atoms with Crippen molar-refractivity contribution in [1.29, 1.82) is 0 Å². The van der Waals surface area contributed by atoms with Gasteiger partial charge < -0.3 is 0 Å². The summed E-state index contributed by atoms with van der Waals surface area (Å²) in [7, 11) is -3.38. The number of fused-ring (bicyclic) bond motifs is 1. The number of aryl methyl sites for hydroxylation is 1. The van der Waals surface area contributed by atoms with Crippen LogP contribution < -0.4 is 4.72 Å². The molecule has 0 amide bonds. The number of benzene rings is 1. The van der Waals surface area contributed by atoms with Gasteiger partial charge >= 0.3 is 0 Å². The summed E-state index contributed by atoms with van der Waals surface area (Å²) < 4.78 is 26.4. The van der Waals surface area contributed by atoms with Crippen LogP contribution in [-0.2, 0) is 10.0 Å². The van der Waals surface area contributed by atoms with Crippen LogP contribution in [0.3, 0.4) is 0 Å². The van der Waals surface area contributed by atoms with Gasteiger partial charge in [-0.15, -0.1) is 11.6 Å². The molecule has 0 aliphatic carbocycles. The van der Waals surface area contributed by atoms with Crippen molar-refractivity contribution in [3.05, 3.63) is 36.0 Å². The minimum Gasteiger partial charge on any atom is -0.281 e. The number of pyridine rings is 1. The van der Waals surface area contributed by atoms with Gasteiger partial charge in [0.2, 0.25) is 10.0 Å². The number of anilines is 1. The lowest BCUT2D eigenvalue weighted by Gasteiger charge is -2.10. The molecule has 0 unspecified atom stereocenters. The molecule has 0 bridgehead atoms. The summed E-state index contributed by atoms with van der Waals surface area (Å²) >= 11 is 5.52. The minimum absolute atomic E-state index is 0.0126. The Morgan fingerprint density at radius 1 is 1.26 bits per heavy atom. The van der Waals surface area contributed by atoms with Crippen molar-refractivity contribution in [1.82, 2.24) is 4.98 Å². The average Bonchev–Trinajstić information content (AvgIpc) is 2.37. The summed E-state index contributed by atoms with van der Waals surface area (Å²) in [6, 6.07) is 9.24. The van der Waals surface area contributed by atoms with Crippen LogP contribution in [0, 0.1) is 6.92 Å². The molecule has 2 aromatic rings. The zero-order valence-electron chi connectivity index (χ0n) is 10.6. The summed E-state index contributed by atoms with van der Waals surface area (Å²) in [5, 5.41) is 0.906. The van der Waals surface area contributed by atoms with Gasteiger partial charge in [-0.1, -0.05) is 18.2 Å². The van der Waals surface area contributed by atoms with Gasteiger partial charge in [-0.05, 0) is 25.5 Å². The lowest BCUT2D eigenvalue weighted by atomic mass is 10.2. The van der Waals surface area contributed by atoms with Gasteiger partial charge in [0.15, 0.2) is 0 Å². The first-order valence-electron chi connectivity index (χ1n) is 5.95. The Hall–Kier alpha value is -1.33. The lowest BCUT2D eigenvalue weighted by Crippen LogP contribution is -2.17. The highest BCUT2D eigenvalue weighted by Crippen LogP contribution is 2.22. The average molecular weight is 299 g/mol. The normalized spacial score (nSPS) is 11.7. The number of hydrogen-bond acceptors (Lipinski definition) is 3. The van der Waals surface area contributed by atoms with Crippen molar-refractivity contribution in [2.45, 2.75) is 13.3 Å². The van der Waals surface area contributed by atoms with Crippen molar-refractivity contribution in [3.63, 3.8) is 0 Å². The largest absolute Gasteiger partial charge is 0.281 e. The van der Waals surface area contributed by atoms with Crippen LogP contribution in [0.15, 0.2) is 30.3 Å². The van der Waals surface area contributed by atoms with Crippen LogP contribution in [0.5, 0.6) is 0 Å². The first kappa shape index (κ1) is 14.1. The molecule has 1 heterocycles. The van der Waals surface area contributed by atoms with E-state index in [-0.39, 0.29) is 5.75 Å². The molecule has 0 atom stereocenters. The summed E-state index contributed by atoms with van der Waals surface area (Å²) in [5.41, 5.74) is 2.02. The molecule has 0 fully saturated rings. The van der Waals surface area contributed by atoms with E-state index < -0.39 is 10.0 Å². The molecule has 0 spiro atoms. The van der Waals surface area contributed by atoms with Gasteiger partial charge in [-0.2, -0.15) is 0 Å². The predicted molar refractivity (Wildman–Crippen MR) is 79.2 cm³/mol. The third-order valence-corrected chi connectivity index (χ3v) is 4.30. The maximum absolute atomic E-state index is 11.9. The van der Waals surface area contributed by atoms with Gasteiger partial charge in [-0.25, -0.2) is 8.42 Å². The molecular formula is C13H15ClN2O2S. The van der Waals surface area contributed by atoms with E-state index in [4.69, 9.17) is 11.6 Å². The standard InChI is InChI=1S/C13H15ClN2O2S/c1-10-6-7-11-4-2-5-12(13(11)15-10)16-19(17,18)9-3-8-14/h2,4-7,16H,3,8-9H2,1H3. The molecule has 2 rings (SSSR count). The predicted octanol–water partition coefficient (Wildman–Crippen LogP) is 2.91. The van der Waals surface area contributed by atoms with Crippen LogP contribution in [0.1, 0.15) is 12.1 Å². The molecule has 4 nitrogen and oxygen atoms in total. The number of rotatable bonds is 5. The molecule has 0 radical (unpaired) electrons. The Labute approximate surface area is 117 Å². The molecule has 102 valence electrons. The van der Waals surface area contributed by atoms with Gasteiger partial charge in [0.1, 0.15) is 0 Å². The number of halogens is 1. The first-order chi connectivity index (χ1) is 9.02. The number of para-hydroxylation sites is 1. The quantitative estimate of drug-likeness (QED) is 0.864. The van der Waals surface area contributed by atoms with E-state index in [1.54, 1.807) is 12.1 Å². The SMILES string of the molecule is Cc1ccc2cccc(NS(=O)(=O)CCCCl)c2n1.